The molecule has 1 N–H and O–H groups in total. The molecular weight excluding hydrogens is 332 g/mol. The summed E-state index contributed by atoms with van der Waals surface area (Å²) in [5.41, 5.74) is -0.141. The van der Waals surface area contributed by atoms with Crippen LogP contribution in [-0.2, 0) is 14.8 Å². The maximum absolute atomic E-state index is 12.9. The molecule has 24 heavy (non-hydrogen) atoms. The van der Waals surface area contributed by atoms with Crippen LogP contribution in [0.4, 0.5) is 0 Å². The number of amides is 1. The molecule has 0 atom stereocenters. The van der Waals surface area contributed by atoms with Gasteiger partial charge in [0.2, 0.25) is 10.0 Å². The summed E-state index contributed by atoms with van der Waals surface area (Å²) in [7, 11) is -2.35. The van der Waals surface area contributed by atoms with Gasteiger partial charge in [0.25, 0.3) is 5.91 Å². The Labute approximate surface area is 143 Å². The molecule has 1 aliphatic rings. The fraction of sp³-hybridized carbons (Fsp3) is 0.562. The fourth-order valence-electron chi connectivity index (χ4n) is 2.36. The van der Waals surface area contributed by atoms with Crippen molar-refractivity contribution in [2.24, 2.45) is 0 Å². The van der Waals surface area contributed by atoms with E-state index in [0.717, 1.165) is 0 Å². The Bertz CT molecular complexity index is 704. The second kappa shape index (κ2) is 7.08. The van der Waals surface area contributed by atoms with E-state index >= 15 is 0 Å². The van der Waals surface area contributed by atoms with Crippen LogP contribution >= 0.6 is 0 Å². The number of carbonyl (C=O) groups excluding carboxylic acids is 1. The Morgan fingerprint density at radius 2 is 1.88 bits per heavy atom. The number of ether oxygens (including phenoxy) is 2. The zero-order valence-electron chi connectivity index (χ0n) is 14.5. The molecule has 1 aromatic rings. The first-order valence-corrected chi connectivity index (χ1v) is 9.17. The van der Waals surface area contributed by atoms with Crippen molar-refractivity contribution in [3.8, 4) is 5.75 Å². The quantitative estimate of drug-likeness (QED) is 0.877. The van der Waals surface area contributed by atoms with Gasteiger partial charge in [-0.15, -0.1) is 0 Å². The van der Waals surface area contributed by atoms with E-state index in [1.54, 1.807) is 6.07 Å². The van der Waals surface area contributed by atoms with Gasteiger partial charge in [-0.2, -0.15) is 4.31 Å². The number of methoxy groups -OCH3 is 1. The van der Waals surface area contributed by atoms with Gasteiger partial charge in [0, 0.05) is 24.2 Å². The van der Waals surface area contributed by atoms with Crippen molar-refractivity contribution < 1.29 is 22.7 Å². The molecule has 8 heteroatoms. The van der Waals surface area contributed by atoms with Crippen molar-refractivity contribution in [3.63, 3.8) is 0 Å². The summed E-state index contributed by atoms with van der Waals surface area (Å²) in [5, 5.41) is 2.82. The molecule has 1 fully saturated rings. The number of nitrogens with one attached hydrogen (secondary N) is 1. The fourth-order valence-corrected chi connectivity index (χ4v) is 3.95. The minimum atomic E-state index is -3.76. The number of carbonyl (C=O) groups is 1. The maximum atomic E-state index is 12.9. The number of nitrogens with zero attached hydrogens (tertiary/aromatic N) is 1. The lowest BCUT2D eigenvalue weighted by atomic mass is 10.1. The van der Waals surface area contributed by atoms with Crippen LogP contribution < -0.4 is 10.1 Å². The highest BCUT2D eigenvalue weighted by Crippen LogP contribution is 2.28. The normalized spacial score (nSPS) is 16.7. The lowest BCUT2D eigenvalue weighted by Gasteiger charge is -2.27. The Morgan fingerprint density at radius 1 is 1.25 bits per heavy atom. The molecule has 0 aliphatic carbocycles. The SMILES string of the molecule is COc1ccc(C(=O)NC(C)(C)C)cc1S(=O)(=O)N1CCOCC1. The first-order chi connectivity index (χ1) is 11.1. The summed E-state index contributed by atoms with van der Waals surface area (Å²) in [6.45, 7) is 6.85. The van der Waals surface area contributed by atoms with Crippen LogP contribution in [-0.4, -0.2) is 57.6 Å². The number of hydrogen-bond acceptors (Lipinski definition) is 5. The van der Waals surface area contributed by atoms with E-state index in [4.69, 9.17) is 9.47 Å². The molecule has 1 aliphatic heterocycles. The van der Waals surface area contributed by atoms with E-state index in [0.29, 0.717) is 13.2 Å². The van der Waals surface area contributed by atoms with Gasteiger partial charge in [-0.25, -0.2) is 8.42 Å². The van der Waals surface area contributed by atoms with E-state index in [1.807, 2.05) is 20.8 Å². The summed E-state index contributed by atoms with van der Waals surface area (Å²) in [4.78, 5) is 12.3. The minimum Gasteiger partial charge on any atom is -0.495 e. The molecule has 1 saturated heterocycles. The van der Waals surface area contributed by atoms with E-state index < -0.39 is 15.6 Å². The third-order valence-corrected chi connectivity index (χ3v) is 5.42. The Kier molecular flexibility index (Phi) is 5.52. The topological polar surface area (TPSA) is 84.9 Å². The summed E-state index contributed by atoms with van der Waals surface area (Å²) in [6.07, 6.45) is 0. The lowest BCUT2D eigenvalue weighted by Crippen LogP contribution is -2.41. The molecule has 0 radical (unpaired) electrons. The molecule has 0 spiro atoms. The second-order valence-corrected chi connectivity index (χ2v) is 8.49. The van der Waals surface area contributed by atoms with Gasteiger partial charge in [0.15, 0.2) is 0 Å². The first kappa shape index (κ1) is 18.7. The number of morpholine rings is 1. The van der Waals surface area contributed by atoms with E-state index in [1.165, 1.54) is 23.5 Å². The largest absolute Gasteiger partial charge is 0.495 e. The Morgan fingerprint density at radius 3 is 2.42 bits per heavy atom. The van der Waals surface area contributed by atoms with E-state index in [9.17, 15) is 13.2 Å². The van der Waals surface area contributed by atoms with Crippen molar-refractivity contribution in [2.45, 2.75) is 31.2 Å². The zero-order valence-corrected chi connectivity index (χ0v) is 15.3. The number of rotatable bonds is 4. The highest BCUT2D eigenvalue weighted by Gasteiger charge is 2.30. The predicted molar refractivity (Wildman–Crippen MR) is 89.8 cm³/mol. The van der Waals surface area contributed by atoms with Crippen LogP contribution in [0.3, 0.4) is 0 Å². The third kappa shape index (κ3) is 4.25. The molecular formula is C16H24N2O5S. The zero-order chi connectivity index (χ0) is 18.0. The second-order valence-electron chi connectivity index (χ2n) is 6.59. The maximum Gasteiger partial charge on any atom is 0.251 e. The van der Waals surface area contributed by atoms with Gasteiger partial charge in [-0.05, 0) is 39.0 Å². The molecule has 0 saturated carbocycles. The molecule has 7 nitrogen and oxygen atoms in total. The Balaban J connectivity index is 2.40. The standard InChI is InChI=1S/C16H24N2O5S/c1-16(2,3)17-15(19)12-5-6-13(22-4)14(11-12)24(20,21)18-7-9-23-10-8-18/h5-6,11H,7-10H2,1-4H3,(H,17,19). The van der Waals surface area contributed by atoms with Crippen LogP contribution in [0.25, 0.3) is 0 Å². The monoisotopic (exact) mass is 356 g/mol. The number of benzene rings is 1. The van der Waals surface area contributed by atoms with Gasteiger partial charge in [-0.1, -0.05) is 0 Å². The van der Waals surface area contributed by atoms with Crippen LogP contribution in [0, 0.1) is 0 Å². The van der Waals surface area contributed by atoms with Crippen LogP contribution in [0.15, 0.2) is 23.1 Å². The molecule has 1 heterocycles. The molecule has 0 aromatic heterocycles. The van der Waals surface area contributed by atoms with Gasteiger partial charge in [0.05, 0.1) is 20.3 Å². The lowest BCUT2D eigenvalue weighted by molar-refractivity contribution is 0.0729. The van der Waals surface area contributed by atoms with Crippen molar-refractivity contribution in [1.82, 2.24) is 9.62 Å². The molecule has 1 aromatic carbocycles. The molecule has 1 amide bonds. The summed E-state index contributed by atoms with van der Waals surface area (Å²) in [5.74, 6) is -0.114. The van der Waals surface area contributed by atoms with Gasteiger partial charge < -0.3 is 14.8 Å². The van der Waals surface area contributed by atoms with Crippen molar-refractivity contribution in [2.75, 3.05) is 33.4 Å². The highest BCUT2D eigenvalue weighted by atomic mass is 32.2. The van der Waals surface area contributed by atoms with Crippen LogP contribution in [0.5, 0.6) is 5.75 Å². The summed E-state index contributed by atoms with van der Waals surface area (Å²) >= 11 is 0. The van der Waals surface area contributed by atoms with E-state index in [2.05, 4.69) is 5.32 Å². The van der Waals surface area contributed by atoms with Gasteiger partial charge >= 0.3 is 0 Å². The summed E-state index contributed by atoms with van der Waals surface area (Å²) in [6, 6.07) is 4.42. The highest BCUT2D eigenvalue weighted by molar-refractivity contribution is 7.89. The van der Waals surface area contributed by atoms with Gasteiger partial charge in [-0.3, -0.25) is 4.79 Å². The molecule has 0 bridgehead atoms. The summed E-state index contributed by atoms with van der Waals surface area (Å²) < 4.78 is 37.5. The van der Waals surface area contributed by atoms with Crippen LogP contribution in [0.2, 0.25) is 0 Å². The molecule has 2 rings (SSSR count). The minimum absolute atomic E-state index is 0.00606. The van der Waals surface area contributed by atoms with Crippen molar-refractivity contribution in [3.05, 3.63) is 23.8 Å². The predicted octanol–water partition coefficient (Wildman–Crippen LogP) is 1.24. The average molecular weight is 356 g/mol. The van der Waals surface area contributed by atoms with Crippen molar-refractivity contribution in [1.29, 1.82) is 0 Å². The molecule has 134 valence electrons. The average Bonchev–Trinajstić information content (AvgIpc) is 2.53. The van der Waals surface area contributed by atoms with E-state index in [-0.39, 0.29) is 35.2 Å². The van der Waals surface area contributed by atoms with Crippen molar-refractivity contribution >= 4 is 15.9 Å². The smallest absolute Gasteiger partial charge is 0.251 e. The first-order valence-electron chi connectivity index (χ1n) is 7.73. The molecule has 0 unspecified atom stereocenters. The number of hydrogen-bond donors (Lipinski definition) is 1. The number of sulfonamides is 1. The van der Waals surface area contributed by atoms with Gasteiger partial charge in [0.1, 0.15) is 10.6 Å². The van der Waals surface area contributed by atoms with Crippen LogP contribution in [0.1, 0.15) is 31.1 Å². The third-order valence-electron chi connectivity index (χ3n) is 3.50. The Hall–Kier alpha value is -1.64.